The fourth-order valence-corrected chi connectivity index (χ4v) is 3.91. The molecule has 2 aromatic heterocycles. The number of para-hydroxylation sites is 1. The molecule has 1 unspecified atom stereocenters. The van der Waals surface area contributed by atoms with Crippen molar-refractivity contribution in [3.05, 3.63) is 60.8 Å². The molecule has 1 amide bonds. The number of methoxy groups -OCH3 is 2. The lowest BCUT2D eigenvalue weighted by atomic mass is 10.2. The largest absolute Gasteiger partial charge is 0.497 e. The van der Waals surface area contributed by atoms with Gasteiger partial charge in [-0.25, -0.2) is 9.19 Å². The van der Waals surface area contributed by atoms with Gasteiger partial charge in [-0.2, -0.15) is 13.9 Å². The first kappa shape index (κ1) is 29.5. The number of halogens is 2. The third-order valence-electron chi connectivity index (χ3n) is 5.45. The van der Waals surface area contributed by atoms with Gasteiger partial charge in [-0.05, 0) is 49.2 Å². The Morgan fingerprint density at radius 3 is 2.36 bits per heavy atom. The summed E-state index contributed by atoms with van der Waals surface area (Å²) in [5.74, 6) is -0.783. The van der Waals surface area contributed by atoms with Crippen molar-refractivity contribution in [1.29, 1.82) is 0 Å². The molecule has 5 rings (SSSR count). The highest BCUT2D eigenvalue weighted by Gasteiger charge is 2.29. The number of rotatable bonds is 8. The zero-order valence-electron chi connectivity index (χ0n) is 22.0. The Hall–Kier alpha value is -4.06. The Bertz CT molecular complexity index is 1390. The number of benzene rings is 2. The minimum atomic E-state index is -2.98. The molecule has 0 bridgehead atoms. The molecule has 1 fully saturated rings. The average Bonchev–Trinajstić information content (AvgIpc) is 3.76. The Kier molecular flexibility index (Phi) is 10.7. The minimum Gasteiger partial charge on any atom is -0.497 e. The van der Waals surface area contributed by atoms with Crippen molar-refractivity contribution in [2.24, 2.45) is 5.92 Å². The summed E-state index contributed by atoms with van der Waals surface area (Å²) in [6.07, 6.45) is 3.19. The monoisotopic (exact) mass is 559 g/mol. The van der Waals surface area contributed by atoms with E-state index in [1.54, 1.807) is 7.11 Å². The van der Waals surface area contributed by atoms with Crippen LogP contribution in [0.3, 0.4) is 0 Å². The van der Waals surface area contributed by atoms with E-state index >= 15 is 0 Å². The molecule has 0 spiro atoms. The average molecular weight is 560 g/mol. The minimum absolute atomic E-state index is 0.103. The molecule has 9 nitrogen and oxygen atoms in total. The van der Waals surface area contributed by atoms with Gasteiger partial charge in [0.2, 0.25) is 5.91 Å². The number of pyridine rings is 1. The fraction of sp³-hybridized carbons (Fsp3) is 0.296. The number of carbonyl (C=O) groups excluding carboxylic acids is 1. The number of fused-ring (bicyclic) bond motifs is 1. The third kappa shape index (κ3) is 7.96. The van der Waals surface area contributed by atoms with E-state index in [2.05, 4.69) is 25.8 Å². The first-order valence-corrected chi connectivity index (χ1v) is 13.5. The summed E-state index contributed by atoms with van der Waals surface area (Å²) < 4.78 is 46.7. The number of amides is 1. The molecule has 1 atom stereocenters. The lowest BCUT2D eigenvalue weighted by molar-refractivity contribution is -0.117. The molecule has 39 heavy (non-hydrogen) atoms. The Morgan fingerprint density at radius 1 is 1.05 bits per heavy atom. The second-order valence-corrected chi connectivity index (χ2v) is 9.44. The molecule has 0 radical (unpaired) electrons. The molecule has 2 aromatic carbocycles. The van der Waals surface area contributed by atoms with Crippen LogP contribution in [0.1, 0.15) is 26.7 Å². The SMILES string of the molecule is CC.COc1cc(S(=O)C(F)F)cnc1Nc1n[nH]c2ccccc12.COc1ccc(NC(=O)C2CC2)cc1. The molecule has 3 N–H and O–H groups in total. The molecule has 4 aromatic rings. The van der Waals surface area contributed by atoms with Crippen LogP contribution in [0.15, 0.2) is 65.7 Å². The van der Waals surface area contributed by atoms with Crippen molar-refractivity contribution in [3.63, 3.8) is 0 Å². The molecule has 208 valence electrons. The summed E-state index contributed by atoms with van der Waals surface area (Å²) >= 11 is 0. The predicted octanol–water partition coefficient (Wildman–Crippen LogP) is 6.11. The second-order valence-electron chi connectivity index (χ2n) is 8.01. The van der Waals surface area contributed by atoms with Crippen molar-refractivity contribution < 1.29 is 27.3 Å². The summed E-state index contributed by atoms with van der Waals surface area (Å²) in [4.78, 5) is 15.3. The number of hydrogen-bond acceptors (Lipinski definition) is 7. The van der Waals surface area contributed by atoms with Gasteiger partial charge in [0.15, 0.2) is 17.4 Å². The van der Waals surface area contributed by atoms with E-state index in [1.165, 1.54) is 13.2 Å². The van der Waals surface area contributed by atoms with E-state index in [1.807, 2.05) is 62.4 Å². The second kappa shape index (κ2) is 14.2. The summed E-state index contributed by atoms with van der Waals surface area (Å²) in [6.45, 7) is 4.00. The normalized spacial score (nSPS) is 12.9. The summed E-state index contributed by atoms with van der Waals surface area (Å²) in [6, 6.07) is 16.1. The van der Waals surface area contributed by atoms with Crippen LogP contribution in [0, 0.1) is 5.92 Å². The van der Waals surface area contributed by atoms with Crippen LogP contribution < -0.4 is 20.1 Å². The maximum Gasteiger partial charge on any atom is 0.316 e. The Balaban J connectivity index is 0.000000224. The number of ether oxygens (including phenoxy) is 2. The maximum absolute atomic E-state index is 12.5. The number of nitrogens with one attached hydrogen (secondary N) is 3. The first-order chi connectivity index (χ1) is 18.9. The van der Waals surface area contributed by atoms with Crippen LogP contribution in [-0.4, -0.2) is 45.3 Å². The lowest BCUT2D eigenvalue weighted by Crippen LogP contribution is -2.12. The zero-order valence-corrected chi connectivity index (χ0v) is 22.9. The number of nitrogens with zero attached hydrogens (tertiary/aromatic N) is 2. The van der Waals surface area contributed by atoms with Crippen molar-refractivity contribution in [3.8, 4) is 11.5 Å². The highest BCUT2D eigenvalue weighted by atomic mass is 32.2. The van der Waals surface area contributed by atoms with Crippen LogP contribution in [0.4, 0.5) is 26.1 Å². The molecule has 0 aliphatic heterocycles. The number of aromatic amines is 1. The number of carbonyl (C=O) groups is 1. The van der Waals surface area contributed by atoms with Crippen LogP contribution in [0.2, 0.25) is 0 Å². The lowest BCUT2D eigenvalue weighted by Gasteiger charge is -2.10. The van der Waals surface area contributed by atoms with Gasteiger partial charge in [0, 0.05) is 29.3 Å². The molecule has 0 saturated heterocycles. The third-order valence-corrected chi connectivity index (χ3v) is 6.47. The molecular formula is C27H31F2N5O4S. The zero-order chi connectivity index (χ0) is 28.4. The molecule has 1 aliphatic rings. The predicted molar refractivity (Wildman–Crippen MR) is 148 cm³/mol. The topological polar surface area (TPSA) is 118 Å². The van der Waals surface area contributed by atoms with E-state index in [9.17, 15) is 17.8 Å². The highest BCUT2D eigenvalue weighted by Crippen LogP contribution is 2.31. The molecule has 1 aliphatic carbocycles. The number of H-pyrrole nitrogens is 1. The van der Waals surface area contributed by atoms with Crippen LogP contribution in [0.5, 0.6) is 11.5 Å². The van der Waals surface area contributed by atoms with Crippen LogP contribution >= 0.6 is 0 Å². The van der Waals surface area contributed by atoms with Crippen molar-refractivity contribution in [2.45, 2.75) is 37.3 Å². The van der Waals surface area contributed by atoms with E-state index in [0.29, 0.717) is 11.6 Å². The molecule has 12 heteroatoms. The number of aromatic nitrogens is 3. The Morgan fingerprint density at radius 2 is 1.74 bits per heavy atom. The van der Waals surface area contributed by atoms with Crippen LogP contribution in [-0.2, 0) is 15.6 Å². The van der Waals surface area contributed by atoms with E-state index < -0.39 is 16.6 Å². The number of anilines is 3. The summed E-state index contributed by atoms with van der Waals surface area (Å²) in [5, 5.41) is 13.7. The van der Waals surface area contributed by atoms with E-state index in [0.717, 1.165) is 41.4 Å². The number of alkyl halides is 2. The first-order valence-electron chi connectivity index (χ1n) is 12.3. The summed E-state index contributed by atoms with van der Waals surface area (Å²) in [5.41, 5.74) is 1.67. The molecular weight excluding hydrogens is 528 g/mol. The standard InChI is InChI=1S/C14H12F2N4O2S.C11H13NO2.C2H6/c1-22-11-6-8(23(21)14(15)16)7-17-13(11)18-12-9-4-2-3-5-10(9)19-20-12;1-14-10-6-4-9(5-7-10)12-11(13)8-2-3-8;1-2/h2-7,14H,1H3,(H2,17,18,19,20);4-8H,2-3H2,1H3,(H,12,13);1-2H3. The van der Waals surface area contributed by atoms with Gasteiger partial charge in [0.1, 0.15) is 16.5 Å². The van der Waals surface area contributed by atoms with Gasteiger partial charge in [-0.3, -0.25) is 9.89 Å². The highest BCUT2D eigenvalue weighted by molar-refractivity contribution is 7.85. The van der Waals surface area contributed by atoms with Gasteiger partial charge in [-0.15, -0.1) is 0 Å². The van der Waals surface area contributed by atoms with Gasteiger partial charge in [0.25, 0.3) is 0 Å². The van der Waals surface area contributed by atoms with Gasteiger partial charge >= 0.3 is 5.76 Å². The quantitative estimate of drug-likeness (QED) is 0.238. The van der Waals surface area contributed by atoms with Gasteiger partial charge in [-0.1, -0.05) is 26.0 Å². The maximum atomic E-state index is 12.5. The number of hydrogen-bond donors (Lipinski definition) is 3. The van der Waals surface area contributed by atoms with Crippen molar-refractivity contribution in [1.82, 2.24) is 15.2 Å². The smallest absolute Gasteiger partial charge is 0.316 e. The Labute approximate surface area is 227 Å². The van der Waals surface area contributed by atoms with Crippen molar-refractivity contribution >= 4 is 44.9 Å². The van der Waals surface area contributed by atoms with E-state index in [-0.39, 0.29) is 22.5 Å². The summed E-state index contributed by atoms with van der Waals surface area (Å²) in [7, 11) is 0.556. The van der Waals surface area contributed by atoms with Gasteiger partial charge in [0.05, 0.1) is 24.6 Å². The molecule has 2 heterocycles. The van der Waals surface area contributed by atoms with Gasteiger partial charge < -0.3 is 20.1 Å². The molecule has 1 saturated carbocycles. The van der Waals surface area contributed by atoms with E-state index in [4.69, 9.17) is 9.47 Å². The van der Waals surface area contributed by atoms with Crippen molar-refractivity contribution in [2.75, 3.05) is 24.9 Å². The fourth-order valence-electron chi connectivity index (χ4n) is 3.32. The van der Waals surface area contributed by atoms with Crippen LogP contribution in [0.25, 0.3) is 10.9 Å².